The predicted molar refractivity (Wildman–Crippen MR) is 94.8 cm³/mol. The molecule has 1 fully saturated rings. The molecule has 6 heteroatoms. The van der Waals surface area contributed by atoms with Gasteiger partial charge in [-0.25, -0.2) is 0 Å². The average molecular weight is 339 g/mol. The molecule has 1 saturated heterocycles. The minimum absolute atomic E-state index is 0.128. The average Bonchev–Trinajstić information content (AvgIpc) is 2.65. The Bertz CT molecular complexity index is 798. The number of ether oxygens (including phenoxy) is 1. The van der Waals surface area contributed by atoms with Crippen molar-refractivity contribution in [2.45, 2.75) is 13.8 Å². The second-order valence-electron chi connectivity index (χ2n) is 6.12. The molecule has 0 aliphatic carbocycles. The second-order valence-corrected chi connectivity index (χ2v) is 6.12. The molecule has 0 bridgehead atoms. The maximum atomic E-state index is 12.5. The molecule has 2 heterocycles. The quantitative estimate of drug-likeness (QED) is 0.932. The summed E-state index contributed by atoms with van der Waals surface area (Å²) in [6.07, 6.45) is 2.96. The molecule has 6 nitrogen and oxygen atoms in total. The van der Waals surface area contributed by atoms with E-state index in [0.717, 1.165) is 16.8 Å². The summed E-state index contributed by atoms with van der Waals surface area (Å²) < 4.78 is 5.26. The van der Waals surface area contributed by atoms with Crippen LogP contribution in [0.5, 0.6) is 0 Å². The summed E-state index contributed by atoms with van der Waals surface area (Å²) in [7, 11) is 0. The molecule has 0 unspecified atom stereocenters. The van der Waals surface area contributed by atoms with Crippen molar-refractivity contribution in [3.8, 4) is 0 Å². The normalized spacial score (nSPS) is 14.2. The van der Waals surface area contributed by atoms with Crippen molar-refractivity contribution in [3.05, 3.63) is 58.9 Å². The summed E-state index contributed by atoms with van der Waals surface area (Å²) >= 11 is 0. The number of benzene rings is 1. The van der Waals surface area contributed by atoms with E-state index in [1.807, 2.05) is 32.0 Å². The van der Waals surface area contributed by atoms with Crippen LogP contribution in [0.15, 0.2) is 36.7 Å². The third-order valence-corrected chi connectivity index (χ3v) is 4.31. The Balaban J connectivity index is 1.74. The summed E-state index contributed by atoms with van der Waals surface area (Å²) in [5.74, 6) is -0.413. The van der Waals surface area contributed by atoms with Gasteiger partial charge in [-0.2, -0.15) is 0 Å². The van der Waals surface area contributed by atoms with E-state index in [-0.39, 0.29) is 11.8 Å². The highest BCUT2D eigenvalue weighted by Crippen LogP contribution is 2.16. The van der Waals surface area contributed by atoms with Crippen molar-refractivity contribution in [2.24, 2.45) is 0 Å². The molecular formula is C19H21N3O3. The van der Waals surface area contributed by atoms with E-state index in [4.69, 9.17) is 4.74 Å². The van der Waals surface area contributed by atoms with Gasteiger partial charge in [0.2, 0.25) is 0 Å². The lowest BCUT2D eigenvalue weighted by molar-refractivity contribution is 0.0302. The highest BCUT2D eigenvalue weighted by atomic mass is 16.5. The highest BCUT2D eigenvalue weighted by Gasteiger charge is 2.20. The van der Waals surface area contributed by atoms with Crippen LogP contribution in [0.2, 0.25) is 0 Å². The Labute approximate surface area is 146 Å². The molecule has 1 aliphatic heterocycles. The van der Waals surface area contributed by atoms with Gasteiger partial charge in [-0.1, -0.05) is 6.07 Å². The van der Waals surface area contributed by atoms with E-state index in [9.17, 15) is 9.59 Å². The third kappa shape index (κ3) is 4.03. The zero-order valence-corrected chi connectivity index (χ0v) is 14.4. The Morgan fingerprint density at radius 1 is 1.04 bits per heavy atom. The number of carbonyl (C=O) groups is 2. The number of anilines is 1. The molecule has 3 rings (SSSR count). The maximum absolute atomic E-state index is 12.5. The van der Waals surface area contributed by atoms with E-state index in [2.05, 4.69) is 10.3 Å². The predicted octanol–water partition coefficient (Wildman–Crippen LogP) is 2.42. The summed E-state index contributed by atoms with van der Waals surface area (Å²) in [4.78, 5) is 30.7. The zero-order valence-electron chi connectivity index (χ0n) is 14.4. The molecule has 0 spiro atoms. The molecule has 1 aromatic heterocycles. The monoisotopic (exact) mass is 339 g/mol. The number of hydrogen-bond donors (Lipinski definition) is 1. The number of nitrogens with zero attached hydrogens (tertiary/aromatic N) is 2. The molecule has 1 aliphatic rings. The van der Waals surface area contributed by atoms with E-state index < -0.39 is 0 Å². The van der Waals surface area contributed by atoms with Gasteiger partial charge in [0, 0.05) is 31.2 Å². The van der Waals surface area contributed by atoms with Crippen LogP contribution in [0.4, 0.5) is 5.69 Å². The minimum atomic E-state index is -0.285. The van der Waals surface area contributed by atoms with Gasteiger partial charge in [-0.15, -0.1) is 0 Å². The number of carbonyl (C=O) groups excluding carboxylic acids is 2. The number of amides is 2. The number of nitrogens with one attached hydrogen (secondary N) is 1. The zero-order chi connectivity index (χ0) is 17.8. The largest absolute Gasteiger partial charge is 0.378 e. The summed E-state index contributed by atoms with van der Waals surface area (Å²) in [5.41, 5.74) is 3.76. The Hall–Kier alpha value is -2.73. The van der Waals surface area contributed by atoms with E-state index >= 15 is 0 Å². The fraction of sp³-hybridized carbons (Fsp3) is 0.316. The first kappa shape index (κ1) is 17.1. The van der Waals surface area contributed by atoms with Crippen LogP contribution >= 0.6 is 0 Å². The smallest absolute Gasteiger partial charge is 0.257 e. The summed E-state index contributed by atoms with van der Waals surface area (Å²) in [5, 5.41) is 2.85. The van der Waals surface area contributed by atoms with Crippen LogP contribution in [0.3, 0.4) is 0 Å². The van der Waals surface area contributed by atoms with Gasteiger partial charge >= 0.3 is 0 Å². The molecule has 2 amide bonds. The van der Waals surface area contributed by atoms with Crippen molar-refractivity contribution in [1.29, 1.82) is 0 Å². The lowest BCUT2D eigenvalue weighted by atomic mass is 10.1. The van der Waals surface area contributed by atoms with Crippen LogP contribution in [0, 0.1) is 13.8 Å². The number of rotatable bonds is 3. The molecule has 1 aromatic carbocycles. The molecule has 0 radical (unpaired) electrons. The van der Waals surface area contributed by atoms with Gasteiger partial charge in [-0.3, -0.25) is 14.6 Å². The molecule has 0 atom stereocenters. The first-order chi connectivity index (χ1) is 12.0. The second kappa shape index (κ2) is 7.44. The van der Waals surface area contributed by atoms with Crippen LogP contribution in [-0.2, 0) is 4.74 Å². The van der Waals surface area contributed by atoms with Gasteiger partial charge in [-0.05, 0) is 43.2 Å². The highest BCUT2D eigenvalue weighted by molar-refractivity contribution is 6.05. The van der Waals surface area contributed by atoms with Gasteiger partial charge in [0.1, 0.15) is 0 Å². The standard InChI is InChI=1S/C19H21N3O3/c1-13-3-4-17(9-14(13)2)21-18(23)15-10-16(12-20-11-15)19(24)22-5-7-25-8-6-22/h3-4,9-12H,5-8H2,1-2H3,(H,21,23). The Morgan fingerprint density at radius 3 is 2.48 bits per heavy atom. The molecular weight excluding hydrogens is 318 g/mol. The molecule has 0 saturated carbocycles. The van der Waals surface area contributed by atoms with Crippen molar-refractivity contribution >= 4 is 17.5 Å². The topological polar surface area (TPSA) is 71.5 Å². The first-order valence-corrected chi connectivity index (χ1v) is 8.25. The van der Waals surface area contributed by atoms with E-state index in [1.54, 1.807) is 11.0 Å². The fourth-order valence-corrected chi connectivity index (χ4v) is 2.65. The Morgan fingerprint density at radius 2 is 1.76 bits per heavy atom. The molecule has 1 N–H and O–H groups in total. The van der Waals surface area contributed by atoms with E-state index in [0.29, 0.717) is 37.4 Å². The van der Waals surface area contributed by atoms with Crippen molar-refractivity contribution < 1.29 is 14.3 Å². The van der Waals surface area contributed by atoms with Crippen LogP contribution in [-0.4, -0.2) is 48.0 Å². The number of hydrogen-bond acceptors (Lipinski definition) is 4. The number of aryl methyl sites for hydroxylation is 2. The number of morpholine rings is 1. The molecule has 2 aromatic rings. The van der Waals surface area contributed by atoms with Crippen molar-refractivity contribution in [3.63, 3.8) is 0 Å². The third-order valence-electron chi connectivity index (χ3n) is 4.31. The number of aromatic nitrogens is 1. The van der Waals surface area contributed by atoms with Crippen LogP contribution < -0.4 is 5.32 Å². The van der Waals surface area contributed by atoms with Crippen LogP contribution in [0.25, 0.3) is 0 Å². The van der Waals surface area contributed by atoms with Gasteiger partial charge in [0.25, 0.3) is 11.8 Å². The van der Waals surface area contributed by atoms with Gasteiger partial charge in [0.15, 0.2) is 0 Å². The van der Waals surface area contributed by atoms with Gasteiger partial charge < -0.3 is 15.0 Å². The fourth-order valence-electron chi connectivity index (χ4n) is 2.65. The lowest BCUT2D eigenvalue weighted by Gasteiger charge is -2.26. The van der Waals surface area contributed by atoms with Gasteiger partial charge in [0.05, 0.1) is 24.3 Å². The number of pyridine rings is 1. The lowest BCUT2D eigenvalue weighted by Crippen LogP contribution is -2.40. The summed E-state index contributed by atoms with van der Waals surface area (Å²) in [6, 6.07) is 7.32. The SMILES string of the molecule is Cc1ccc(NC(=O)c2cncc(C(=O)N3CCOCC3)c2)cc1C. The summed E-state index contributed by atoms with van der Waals surface area (Å²) in [6.45, 7) is 6.19. The van der Waals surface area contributed by atoms with Crippen LogP contribution in [0.1, 0.15) is 31.8 Å². The Kier molecular flexibility index (Phi) is 5.09. The first-order valence-electron chi connectivity index (χ1n) is 8.25. The van der Waals surface area contributed by atoms with Crippen molar-refractivity contribution in [1.82, 2.24) is 9.88 Å². The molecule has 130 valence electrons. The van der Waals surface area contributed by atoms with E-state index in [1.165, 1.54) is 12.4 Å². The minimum Gasteiger partial charge on any atom is -0.378 e. The maximum Gasteiger partial charge on any atom is 0.257 e. The molecule has 25 heavy (non-hydrogen) atoms. The van der Waals surface area contributed by atoms with Crippen molar-refractivity contribution in [2.75, 3.05) is 31.6 Å².